The summed E-state index contributed by atoms with van der Waals surface area (Å²) in [4.78, 5) is 10.2. The van der Waals surface area contributed by atoms with Gasteiger partial charge in [0.25, 0.3) is 0 Å². The first-order chi connectivity index (χ1) is 26.9. The summed E-state index contributed by atoms with van der Waals surface area (Å²) < 4.78 is 19.7. The molecule has 8 rings (SSSR count). The van der Waals surface area contributed by atoms with Crippen LogP contribution in [-0.2, 0) is 32.9 Å². The number of phenols is 1. The van der Waals surface area contributed by atoms with Crippen LogP contribution in [0.2, 0.25) is 0 Å². The summed E-state index contributed by atoms with van der Waals surface area (Å²) in [5.41, 5.74) is 13.2. The van der Waals surface area contributed by atoms with Crippen molar-refractivity contribution in [2.45, 2.75) is 107 Å². The average molecular weight is 953 g/mol. The van der Waals surface area contributed by atoms with E-state index < -0.39 is 0 Å². The standard InChI is InChI=1S/C51H53N2O4.Pt/c1-27(2)36-14-13-15-37(28(3)4)43(36)39-17-16-38(46-48(39)57-49(53-46)44-40(54)18-19-41-42(44)29(5)30(6)55-41)32-22-33(24-34(23-32)51(10,11)12)45-47-31(20-21-52-45)25-35(56-47)26-50(7,8)9;/h13-21,23-25,27-28,54H,26H2,1-12H3;/q-1;. The zero-order chi connectivity index (χ0) is 40.7. The quantitative estimate of drug-likeness (QED) is 0.160. The molecule has 4 aromatic heterocycles. The zero-order valence-corrected chi connectivity index (χ0v) is 37.9. The topological polar surface area (TPSA) is 85.4 Å². The average Bonchev–Trinajstić information content (AvgIpc) is 3.84. The Bertz CT molecular complexity index is 2810. The SMILES string of the molecule is Cc1oc2ccc(O)c(-c3nc4c(-c5[c-]c(-c6nccc7cc(CC(C)(C)C)oc67)cc(C(C)(C)C)c5)ccc(-c5c(C(C)C)cccc5C(C)C)c4o3)c2c1C.[Pt]. The van der Waals surface area contributed by atoms with E-state index in [1.54, 1.807) is 12.1 Å². The molecule has 6 nitrogen and oxygen atoms in total. The Morgan fingerprint density at radius 2 is 1.41 bits per heavy atom. The maximum Gasteiger partial charge on any atom is 0.231 e. The number of aromatic hydroxyl groups is 1. The summed E-state index contributed by atoms with van der Waals surface area (Å²) in [5, 5.41) is 13.3. The van der Waals surface area contributed by atoms with E-state index in [0.29, 0.717) is 28.1 Å². The molecule has 0 spiro atoms. The molecule has 0 aliphatic carbocycles. The van der Waals surface area contributed by atoms with Gasteiger partial charge >= 0.3 is 0 Å². The van der Waals surface area contributed by atoms with Crippen molar-refractivity contribution in [1.82, 2.24) is 9.97 Å². The zero-order valence-electron chi connectivity index (χ0n) is 35.7. The molecule has 4 heterocycles. The van der Waals surface area contributed by atoms with Crippen LogP contribution in [0.5, 0.6) is 5.75 Å². The largest absolute Gasteiger partial charge is 0.507 e. The molecule has 7 heteroatoms. The van der Waals surface area contributed by atoms with Gasteiger partial charge in [-0.05, 0) is 83.0 Å². The van der Waals surface area contributed by atoms with Gasteiger partial charge in [0.1, 0.15) is 28.4 Å². The van der Waals surface area contributed by atoms with Crippen LogP contribution in [0.4, 0.5) is 0 Å². The summed E-state index contributed by atoms with van der Waals surface area (Å²) in [6.45, 7) is 26.2. The summed E-state index contributed by atoms with van der Waals surface area (Å²) >= 11 is 0. The van der Waals surface area contributed by atoms with Crippen molar-refractivity contribution in [3.05, 3.63) is 113 Å². The summed E-state index contributed by atoms with van der Waals surface area (Å²) in [7, 11) is 0. The first-order valence-corrected chi connectivity index (χ1v) is 20.1. The second kappa shape index (κ2) is 15.0. The van der Waals surface area contributed by atoms with Crippen molar-refractivity contribution < 1.29 is 39.4 Å². The van der Waals surface area contributed by atoms with Crippen molar-refractivity contribution in [2.75, 3.05) is 0 Å². The van der Waals surface area contributed by atoms with Crippen molar-refractivity contribution >= 4 is 33.0 Å². The first kappa shape index (κ1) is 41.2. The third kappa shape index (κ3) is 7.34. The number of benzene rings is 4. The molecule has 4 aromatic carbocycles. The number of fused-ring (bicyclic) bond motifs is 3. The number of pyridine rings is 1. The van der Waals surface area contributed by atoms with E-state index in [1.807, 2.05) is 26.1 Å². The molecule has 0 saturated carbocycles. The van der Waals surface area contributed by atoms with Crippen LogP contribution in [0, 0.1) is 25.3 Å². The number of oxazole rings is 1. The normalized spacial score (nSPS) is 12.4. The number of nitrogens with zero attached hydrogens (tertiary/aromatic N) is 2. The molecule has 8 aromatic rings. The minimum atomic E-state index is -0.193. The van der Waals surface area contributed by atoms with E-state index in [2.05, 4.69) is 124 Å². The smallest absolute Gasteiger partial charge is 0.231 e. The van der Waals surface area contributed by atoms with Crippen molar-refractivity contribution in [2.24, 2.45) is 5.41 Å². The fraction of sp³-hybridized carbons (Fsp3) is 0.333. The van der Waals surface area contributed by atoms with Crippen LogP contribution in [0.3, 0.4) is 0 Å². The molecule has 0 radical (unpaired) electrons. The Kier molecular flexibility index (Phi) is 10.7. The number of rotatable bonds is 7. The van der Waals surface area contributed by atoms with Gasteiger partial charge in [0, 0.05) is 55.7 Å². The third-order valence-electron chi connectivity index (χ3n) is 11.2. The van der Waals surface area contributed by atoms with Gasteiger partial charge in [0.2, 0.25) is 5.89 Å². The van der Waals surface area contributed by atoms with E-state index in [0.717, 1.165) is 78.9 Å². The van der Waals surface area contributed by atoms with Gasteiger partial charge in [-0.2, -0.15) is 0 Å². The fourth-order valence-electron chi connectivity index (χ4n) is 8.15. The molecule has 0 bridgehead atoms. The van der Waals surface area contributed by atoms with Gasteiger partial charge in [0.05, 0.1) is 11.1 Å². The summed E-state index contributed by atoms with van der Waals surface area (Å²) in [6, 6.07) is 26.7. The van der Waals surface area contributed by atoms with E-state index >= 15 is 0 Å². The molecule has 58 heavy (non-hydrogen) atoms. The number of furan rings is 2. The van der Waals surface area contributed by atoms with Crippen molar-refractivity contribution in [3.8, 4) is 50.7 Å². The second-order valence-electron chi connectivity index (χ2n) is 18.6. The van der Waals surface area contributed by atoms with Gasteiger partial charge < -0.3 is 18.4 Å². The second-order valence-corrected chi connectivity index (χ2v) is 18.6. The molecule has 0 fully saturated rings. The number of hydrogen-bond acceptors (Lipinski definition) is 6. The van der Waals surface area contributed by atoms with Crippen molar-refractivity contribution in [1.29, 1.82) is 0 Å². The van der Waals surface area contributed by atoms with Crippen LogP contribution in [-0.4, -0.2) is 15.1 Å². The number of hydrogen-bond donors (Lipinski definition) is 1. The number of aromatic nitrogens is 2. The van der Waals surface area contributed by atoms with E-state index in [1.165, 1.54) is 11.1 Å². The molecule has 0 atom stereocenters. The fourth-order valence-corrected chi connectivity index (χ4v) is 8.15. The Labute approximate surface area is 356 Å². The first-order valence-electron chi connectivity index (χ1n) is 20.1. The maximum atomic E-state index is 11.5. The minimum Gasteiger partial charge on any atom is -0.507 e. The minimum absolute atomic E-state index is 0. The Morgan fingerprint density at radius 3 is 2.07 bits per heavy atom. The Morgan fingerprint density at radius 1 is 0.741 bits per heavy atom. The predicted octanol–water partition coefficient (Wildman–Crippen LogP) is 14.6. The van der Waals surface area contributed by atoms with E-state index in [-0.39, 0.29) is 49.5 Å². The molecular weight excluding hydrogens is 900 g/mol. The van der Waals surface area contributed by atoms with Gasteiger partial charge in [-0.25, -0.2) is 4.98 Å². The third-order valence-corrected chi connectivity index (χ3v) is 11.2. The Balaban J connectivity index is 0.00000512. The van der Waals surface area contributed by atoms with Crippen LogP contribution < -0.4 is 0 Å². The number of phenolic OH excluding ortho intramolecular Hbond substituents is 1. The summed E-state index contributed by atoms with van der Waals surface area (Å²) in [6.07, 6.45) is 2.67. The van der Waals surface area contributed by atoms with E-state index in [4.69, 9.17) is 23.2 Å². The summed E-state index contributed by atoms with van der Waals surface area (Å²) in [5.74, 6) is 2.68. The van der Waals surface area contributed by atoms with Crippen LogP contribution in [0.15, 0.2) is 86.2 Å². The molecule has 302 valence electrons. The van der Waals surface area contributed by atoms with E-state index in [9.17, 15) is 5.11 Å². The van der Waals surface area contributed by atoms with Crippen LogP contribution in [0.25, 0.3) is 78.0 Å². The molecule has 0 aliphatic rings. The van der Waals surface area contributed by atoms with Gasteiger partial charge in [0.15, 0.2) is 5.58 Å². The van der Waals surface area contributed by atoms with Gasteiger partial charge in [-0.1, -0.05) is 111 Å². The number of aryl methyl sites for hydroxylation is 2. The monoisotopic (exact) mass is 952 g/mol. The Hall–Kier alpha value is -4.93. The van der Waals surface area contributed by atoms with Crippen molar-refractivity contribution in [3.63, 3.8) is 0 Å². The predicted molar refractivity (Wildman–Crippen MR) is 233 cm³/mol. The van der Waals surface area contributed by atoms with Crippen LogP contribution >= 0.6 is 0 Å². The molecule has 1 N–H and O–H groups in total. The molecule has 0 aliphatic heterocycles. The molecule has 0 amide bonds. The molecular formula is C51H53N2O4Pt-. The molecule has 0 saturated heterocycles. The van der Waals surface area contributed by atoms with Crippen LogP contribution in [0.1, 0.15) is 115 Å². The van der Waals surface area contributed by atoms with Gasteiger partial charge in [-0.3, -0.25) is 4.98 Å². The van der Waals surface area contributed by atoms with Gasteiger partial charge in [-0.15, -0.1) is 29.3 Å². The maximum absolute atomic E-state index is 11.5. The molecule has 0 unspecified atom stereocenters.